The first-order valence-electron chi connectivity index (χ1n) is 8.04. The Labute approximate surface area is 142 Å². The number of hydrogen-bond donors (Lipinski definition) is 5. The fourth-order valence-electron chi connectivity index (χ4n) is 1.73. The number of unbranched alkanes of at least 4 members (excludes halogenated alkanes) is 1. The molecule has 9 nitrogen and oxygen atoms in total. The van der Waals surface area contributed by atoms with Gasteiger partial charge in [-0.05, 0) is 25.9 Å². The van der Waals surface area contributed by atoms with Crippen LogP contribution in [0.2, 0.25) is 0 Å². The zero-order valence-electron chi connectivity index (χ0n) is 14.5. The summed E-state index contributed by atoms with van der Waals surface area (Å²) in [6.07, 6.45) is 2.59. The van der Waals surface area contributed by atoms with Crippen LogP contribution >= 0.6 is 0 Å². The van der Waals surface area contributed by atoms with E-state index in [0.717, 1.165) is 25.8 Å². The van der Waals surface area contributed by atoms with Crippen molar-refractivity contribution in [3.8, 4) is 0 Å². The summed E-state index contributed by atoms with van der Waals surface area (Å²) in [5, 5.41) is 28.4. The van der Waals surface area contributed by atoms with E-state index in [-0.39, 0.29) is 19.0 Å². The van der Waals surface area contributed by atoms with Gasteiger partial charge in [0.2, 0.25) is 0 Å². The molecular weight excluding hydrogens is 318 g/mol. The van der Waals surface area contributed by atoms with Crippen LogP contribution in [0.25, 0.3) is 0 Å². The second-order valence-corrected chi connectivity index (χ2v) is 5.38. The number of nitrogens with zero attached hydrogens (tertiary/aromatic N) is 1. The molecule has 0 bridgehead atoms. The molecule has 9 heteroatoms. The zero-order valence-corrected chi connectivity index (χ0v) is 14.5. The van der Waals surface area contributed by atoms with Crippen LogP contribution in [0, 0.1) is 5.92 Å². The molecule has 0 amide bonds. The molecule has 0 aliphatic carbocycles. The SMILES string of the molecule is CC(CCCCN)C(=O)O.CCNCCN(CC(=O)O)CC(=O)O. The molecular formula is C15H31N3O6. The lowest BCUT2D eigenvalue weighted by atomic mass is 10.1. The smallest absolute Gasteiger partial charge is 0.317 e. The number of carboxylic acid groups (broad SMARTS) is 3. The molecule has 0 aromatic heterocycles. The van der Waals surface area contributed by atoms with E-state index in [0.29, 0.717) is 19.6 Å². The number of likely N-dealkylation sites (N-methyl/N-ethyl adjacent to an activating group) is 1. The Kier molecular flexibility index (Phi) is 16.5. The standard InChI is InChI=1S/C8H16N2O4.C7H15NO2/c1-2-9-3-4-10(5-7(11)12)6-8(13)14;1-6(7(9)10)4-2-3-5-8/h9H,2-6H2,1H3,(H,11,12)(H,13,14);6H,2-5,8H2,1H3,(H,9,10). The first-order chi connectivity index (χ1) is 11.2. The van der Waals surface area contributed by atoms with Crippen molar-refractivity contribution in [2.45, 2.75) is 33.1 Å². The van der Waals surface area contributed by atoms with Crippen LogP contribution in [0.3, 0.4) is 0 Å². The van der Waals surface area contributed by atoms with Crippen molar-refractivity contribution in [2.75, 3.05) is 39.3 Å². The number of carboxylic acids is 3. The van der Waals surface area contributed by atoms with Crippen LogP contribution in [0.15, 0.2) is 0 Å². The Bertz CT molecular complexity index is 349. The molecule has 1 atom stereocenters. The average molecular weight is 349 g/mol. The molecule has 24 heavy (non-hydrogen) atoms. The van der Waals surface area contributed by atoms with Gasteiger partial charge < -0.3 is 26.4 Å². The van der Waals surface area contributed by atoms with E-state index in [1.54, 1.807) is 6.92 Å². The van der Waals surface area contributed by atoms with Crippen LogP contribution in [-0.2, 0) is 14.4 Å². The molecule has 1 unspecified atom stereocenters. The van der Waals surface area contributed by atoms with Crippen LogP contribution in [-0.4, -0.2) is 77.4 Å². The Morgan fingerprint density at radius 1 is 1.08 bits per heavy atom. The second-order valence-electron chi connectivity index (χ2n) is 5.38. The summed E-state index contributed by atoms with van der Waals surface area (Å²) in [6, 6.07) is 0. The molecule has 0 aliphatic heterocycles. The van der Waals surface area contributed by atoms with Crippen LogP contribution in [0.4, 0.5) is 0 Å². The number of nitrogens with two attached hydrogens (primary N) is 1. The van der Waals surface area contributed by atoms with Gasteiger partial charge >= 0.3 is 17.9 Å². The normalized spacial score (nSPS) is 11.5. The predicted molar refractivity (Wildman–Crippen MR) is 90.0 cm³/mol. The highest BCUT2D eigenvalue weighted by molar-refractivity contribution is 5.72. The van der Waals surface area contributed by atoms with Gasteiger partial charge in [-0.1, -0.05) is 20.3 Å². The van der Waals surface area contributed by atoms with Crippen LogP contribution < -0.4 is 11.1 Å². The number of rotatable bonds is 13. The van der Waals surface area contributed by atoms with Gasteiger partial charge in [0.15, 0.2) is 0 Å². The second kappa shape index (κ2) is 16.2. The minimum absolute atomic E-state index is 0.216. The lowest BCUT2D eigenvalue weighted by Gasteiger charge is -2.17. The Hall–Kier alpha value is -1.71. The maximum atomic E-state index is 10.4. The molecule has 0 saturated heterocycles. The quantitative estimate of drug-likeness (QED) is 0.287. The fourth-order valence-corrected chi connectivity index (χ4v) is 1.73. The summed E-state index contributed by atoms with van der Waals surface area (Å²) < 4.78 is 0. The molecule has 0 radical (unpaired) electrons. The molecule has 0 heterocycles. The van der Waals surface area contributed by atoms with Crippen molar-refractivity contribution in [3.05, 3.63) is 0 Å². The van der Waals surface area contributed by atoms with Crippen molar-refractivity contribution >= 4 is 17.9 Å². The number of hydrogen-bond acceptors (Lipinski definition) is 6. The first-order valence-corrected chi connectivity index (χ1v) is 8.04. The van der Waals surface area contributed by atoms with Crippen molar-refractivity contribution in [1.82, 2.24) is 10.2 Å². The molecule has 142 valence electrons. The predicted octanol–water partition coefficient (Wildman–Crippen LogP) is -0.0968. The van der Waals surface area contributed by atoms with E-state index in [4.69, 9.17) is 21.1 Å². The third-order valence-electron chi connectivity index (χ3n) is 3.09. The largest absolute Gasteiger partial charge is 0.481 e. The van der Waals surface area contributed by atoms with E-state index in [1.165, 1.54) is 4.90 Å². The lowest BCUT2D eigenvalue weighted by molar-refractivity contribution is -0.142. The topological polar surface area (TPSA) is 153 Å². The van der Waals surface area contributed by atoms with Crippen molar-refractivity contribution in [2.24, 2.45) is 11.7 Å². The summed E-state index contributed by atoms with van der Waals surface area (Å²) in [7, 11) is 0. The average Bonchev–Trinajstić information content (AvgIpc) is 2.46. The van der Waals surface area contributed by atoms with Gasteiger partial charge in [0.1, 0.15) is 0 Å². The van der Waals surface area contributed by atoms with Gasteiger partial charge in [-0.25, -0.2) is 0 Å². The van der Waals surface area contributed by atoms with Gasteiger partial charge in [0, 0.05) is 13.1 Å². The summed E-state index contributed by atoms with van der Waals surface area (Å²) in [6.45, 7) is 5.64. The first kappa shape index (κ1) is 24.5. The molecule has 0 saturated carbocycles. The van der Waals surface area contributed by atoms with E-state index in [1.807, 2.05) is 6.92 Å². The van der Waals surface area contributed by atoms with E-state index >= 15 is 0 Å². The Morgan fingerprint density at radius 3 is 2.00 bits per heavy atom. The number of nitrogens with one attached hydrogen (secondary N) is 1. The molecule has 6 N–H and O–H groups in total. The molecule has 0 rings (SSSR count). The molecule has 0 aromatic carbocycles. The highest BCUT2D eigenvalue weighted by Crippen LogP contribution is 2.06. The van der Waals surface area contributed by atoms with Gasteiger partial charge in [-0.3, -0.25) is 19.3 Å². The Morgan fingerprint density at radius 2 is 1.62 bits per heavy atom. The molecule has 0 aromatic rings. The van der Waals surface area contributed by atoms with Gasteiger partial charge in [0.05, 0.1) is 19.0 Å². The molecule has 0 spiro atoms. The van der Waals surface area contributed by atoms with Gasteiger partial charge in [0.25, 0.3) is 0 Å². The van der Waals surface area contributed by atoms with Crippen LogP contribution in [0.5, 0.6) is 0 Å². The fraction of sp³-hybridized carbons (Fsp3) is 0.800. The van der Waals surface area contributed by atoms with Crippen molar-refractivity contribution in [3.63, 3.8) is 0 Å². The van der Waals surface area contributed by atoms with Crippen LogP contribution in [0.1, 0.15) is 33.1 Å². The number of carbonyl (C=O) groups is 3. The summed E-state index contributed by atoms with van der Waals surface area (Å²) in [4.78, 5) is 32.4. The monoisotopic (exact) mass is 349 g/mol. The maximum Gasteiger partial charge on any atom is 0.317 e. The van der Waals surface area contributed by atoms with E-state index in [9.17, 15) is 14.4 Å². The molecule has 0 aliphatic rings. The summed E-state index contributed by atoms with van der Waals surface area (Å²) in [5.74, 6) is -2.95. The van der Waals surface area contributed by atoms with Crippen molar-refractivity contribution in [1.29, 1.82) is 0 Å². The minimum atomic E-state index is -1.01. The van der Waals surface area contributed by atoms with Crippen molar-refractivity contribution < 1.29 is 29.7 Å². The third-order valence-corrected chi connectivity index (χ3v) is 3.09. The lowest BCUT2D eigenvalue weighted by Crippen LogP contribution is -2.39. The zero-order chi connectivity index (χ0) is 19.0. The van der Waals surface area contributed by atoms with E-state index in [2.05, 4.69) is 5.32 Å². The third kappa shape index (κ3) is 18.3. The minimum Gasteiger partial charge on any atom is -0.481 e. The molecule has 0 fully saturated rings. The summed E-state index contributed by atoms with van der Waals surface area (Å²) in [5.41, 5.74) is 5.24. The van der Waals surface area contributed by atoms with Gasteiger partial charge in [-0.15, -0.1) is 0 Å². The Balaban J connectivity index is 0. The van der Waals surface area contributed by atoms with Gasteiger partial charge in [-0.2, -0.15) is 0 Å². The number of aliphatic carboxylic acids is 3. The maximum absolute atomic E-state index is 10.4. The van der Waals surface area contributed by atoms with E-state index < -0.39 is 17.9 Å². The highest BCUT2D eigenvalue weighted by Gasteiger charge is 2.12. The highest BCUT2D eigenvalue weighted by atomic mass is 16.4. The summed E-state index contributed by atoms with van der Waals surface area (Å²) >= 11 is 0.